The van der Waals surface area contributed by atoms with Crippen molar-refractivity contribution in [1.29, 1.82) is 0 Å². The summed E-state index contributed by atoms with van der Waals surface area (Å²) in [6, 6.07) is 24.9. The Hall–Kier alpha value is -3.31. The Morgan fingerprint density at radius 2 is 1.43 bits per heavy atom. The van der Waals surface area contributed by atoms with Gasteiger partial charge >= 0.3 is 0 Å². The molecule has 0 saturated carbocycles. The molecule has 0 saturated heterocycles. The van der Waals surface area contributed by atoms with E-state index in [1.54, 1.807) is 12.1 Å². The summed E-state index contributed by atoms with van der Waals surface area (Å²) in [6.45, 7) is -0.215. The Balaban J connectivity index is 1.76. The minimum absolute atomic E-state index is 0.0441. The van der Waals surface area contributed by atoms with Crippen LogP contribution in [-0.2, 0) is 4.79 Å². The third kappa shape index (κ3) is 5.11. The van der Waals surface area contributed by atoms with Crippen LogP contribution in [0.15, 0.2) is 90.0 Å². The van der Waals surface area contributed by atoms with Gasteiger partial charge in [-0.15, -0.1) is 0 Å². The zero-order valence-corrected chi connectivity index (χ0v) is 15.3. The quantitative estimate of drug-likeness (QED) is 0.486. The summed E-state index contributed by atoms with van der Waals surface area (Å²) < 4.78 is 13.1. The molecule has 0 aromatic heterocycles. The van der Waals surface area contributed by atoms with Crippen LogP contribution in [0.5, 0.6) is 0 Å². The fraction of sp³-hybridized carbons (Fsp3) is 0.130. The van der Waals surface area contributed by atoms with Crippen LogP contribution in [0, 0.1) is 5.82 Å². The second-order valence-electron chi connectivity index (χ2n) is 6.36. The molecule has 0 spiro atoms. The maximum Gasteiger partial charge on any atom is 0.240 e. The third-order valence-corrected chi connectivity index (χ3v) is 4.38. The first-order valence-electron chi connectivity index (χ1n) is 9.01. The van der Waals surface area contributed by atoms with Gasteiger partial charge in [0.05, 0.1) is 12.3 Å². The van der Waals surface area contributed by atoms with E-state index in [-0.39, 0.29) is 24.8 Å². The number of benzene rings is 3. The van der Waals surface area contributed by atoms with Gasteiger partial charge in [0.25, 0.3) is 0 Å². The van der Waals surface area contributed by atoms with E-state index in [9.17, 15) is 14.3 Å². The molecule has 1 amide bonds. The van der Waals surface area contributed by atoms with Gasteiger partial charge in [0.2, 0.25) is 5.91 Å². The van der Waals surface area contributed by atoms with Crippen LogP contribution in [0.4, 0.5) is 4.39 Å². The molecule has 0 heterocycles. The lowest BCUT2D eigenvalue weighted by atomic mass is 9.96. The van der Waals surface area contributed by atoms with Crippen molar-refractivity contribution in [3.8, 4) is 0 Å². The molecule has 142 valence electrons. The zero-order chi connectivity index (χ0) is 19.8. The van der Waals surface area contributed by atoms with Crippen LogP contribution < -0.4 is 5.43 Å². The molecule has 0 aliphatic carbocycles. The molecule has 3 aromatic rings. The number of aliphatic hydroxyl groups excluding tert-OH is 1. The molecule has 0 fully saturated rings. The number of hydrogen-bond donors (Lipinski definition) is 2. The largest absolute Gasteiger partial charge is 0.396 e. The average molecular weight is 376 g/mol. The number of hydrogen-bond acceptors (Lipinski definition) is 3. The number of hydrazone groups is 1. The molecule has 1 unspecified atom stereocenters. The zero-order valence-electron chi connectivity index (χ0n) is 15.3. The van der Waals surface area contributed by atoms with Gasteiger partial charge < -0.3 is 5.11 Å². The topological polar surface area (TPSA) is 61.7 Å². The van der Waals surface area contributed by atoms with Crippen LogP contribution in [0.1, 0.15) is 29.0 Å². The number of carbonyl (C=O) groups excluding carboxylic acids is 1. The van der Waals surface area contributed by atoms with Crippen molar-refractivity contribution in [1.82, 2.24) is 5.43 Å². The number of rotatable bonds is 7. The highest BCUT2D eigenvalue weighted by Gasteiger charge is 2.16. The van der Waals surface area contributed by atoms with E-state index in [1.165, 1.54) is 12.1 Å². The Kier molecular flexibility index (Phi) is 6.65. The number of nitrogens with zero attached hydrogens (tertiary/aromatic N) is 1. The lowest BCUT2D eigenvalue weighted by Crippen LogP contribution is -2.23. The summed E-state index contributed by atoms with van der Waals surface area (Å²) >= 11 is 0. The summed E-state index contributed by atoms with van der Waals surface area (Å²) in [6.07, 6.45) is 0.0441. The number of amides is 1. The third-order valence-electron chi connectivity index (χ3n) is 4.38. The van der Waals surface area contributed by atoms with E-state index in [0.29, 0.717) is 11.3 Å². The molecule has 0 aliphatic rings. The van der Waals surface area contributed by atoms with Crippen molar-refractivity contribution in [2.45, 2.75) is 12.3 Å². The highest BCUT2D eigenvalue weighted by Crippen LogP contribution is 2.19. The lowest BCUT2D eigenvalue weighted by Gasteiger charge is -2.14. The number of carbonyl (C=O) groups is 1. The standard InChI is InChI=1S/C23H21FN2O2/c24-21-13-11-17(12-14-21)20(16-27)15-22(28)25-26-23(18-7-3-1-4-8-18)19-9-5-2-6-10-19/h1-14,20,27H,15-16H2,(H,25,28). The molecule has 2 N–H and O–H groups in total. The predicted octanol–water partition coefficient (Wildman–Crippen LogP) is 3.86. The molecule has 5 heteroatoms. The van der Waals surface area contributed by atoms with Crippen molar-refractivity contribution in [3.05, 3.63) is 107 Å². The summed E-state index contributed by atoms with van der Waals surface area (Å²) in [5, 5.41) is 14.0. The van der Waals surface area contributed by atoms with E-state index < -0.39 is 5.92 Å². The molecule has 0 bridgehead atoms. The monoisotopic (exact) mass is 376 g/mol. The molecule has 0 aliphatic heterocycles. The van der Waals surface area contributed by atoms with Crippen molar-refractivity contribution in [3.63, 3.8) is 0 Å². The van der Waals surface area contributed by atoms with Gasteiger partial charge in [0.15, 0.2) is 0 Å². The van der Waals surface area contributed by atoms with Gasteiger partial charge in [0.1, 0.15) is 5.82 Å². The smallest absolute Gasteiger partial charge is 0.240 e. The maximum atomic E-state index is 13.1. The normalized spacial score (nSPS) is 11.5. The summed E-state index contributed by atoms with van der Waals surface area (Å²) in [4.78, 5) is 12.4. The highest BCUT2D eigenvalue weighted by atomic mass is 19.1. The highest BCUT2D eigenvalue weighted by molar-refractivity contribution is 6.13. The van der Waals surface area contributed by atoms with Crippen LogP contribution >= 0.6 is 0 Å². The second-order valence-corrected chi connectivity index (χ2v) is 6.36. The van der Waals surface area contributed by atoms with Gasteiger partial charge in [-0.2, -0.15) is 5.10 Å². The molecule has 28 heavy (non-hydrogen) atoms. The Bertz CT molecular complexity index is 884. The molecule has 0 radical (unpaired) electrons. The first-order chi connectivity index (χ1) is 13.7. The van der Waals surface area contributed by atoms with E-state index in [4.69, 9.17) is 0 Å². The minimum atomic E-state index is -0.423. The predicted molar refractivity (Wildman–Crippen MR) is 108 cm³/mol. The van der Waals surface area contributed by atoms with Crippen LogP contribution in [0.25, 0.3) is 0 Å². The van der Waals surface area contributed by atoms with Crippen molar-refractivity contribution >= 4 is 11.6 Å². The summed E-state index contributed by atoms with van der Waals surface area (Å²) in [5.41, 5.74) is 5.70. The SMILES string of the molecule is O=C(CC(CO)c1ccc(F)cc1)NN=C(c1ccccc1)c1ccccc1. The lowest BCUT2D eigenvalue weighted by molar-refractivity contribution is -0.121. The number of halogens is 1. The van der Waals surface area contributed by atoms with Crippen molar-refractivity contribution in [2.75, 3.05) is 6.61 Å². The van der Waals surface area contributed by atoms with Gasteiger partial charge in [-0.25, -0.2) is 9.82 Å². The first-order valence-corrected chi connectivity index (χ1v) is 9.01. The molecule has 3 rings (SSSR count). The Morgan fingerprint density at radius 1 is 0.893 bits per heavy atom. The minimum Gasteiger partial charge on any atom is -0.396 e. The molecule has 1 atom stereocenters. The van der Waals surface area contributed by atoms with E-state index in [2.05, 4.69) is 10.5 Å². The molecular formula is C23H21FN2O2. The molecular weight excluding hydrogens is 355 g/mol. The maximum absolute atomic E-state index is 13.1. The van der Waals surface area contributed by atoms with Crippen LogP contribution in [0.3, 0.4) is 0 Å². The van der Waals surface area contributed by atoms with Crippen molar-refractivity contribution in [2.24, 2.45) is 5.10 Å². The Labute approximate surface area is 163 Å². The first kappa shape index (κ1) is 19.5. The Morgan fingerprint density at radius 3 is 1.93 bits per heavy atom. The average Bonchev–Trinajstić information content (AvgIpc) is 2.74. The van der Waals surface area contributed by atoms with Gasteiger partial charge in [-0.05, 0) is 17.7 Å². The number of nitrogens with one attached hydrogen (secondary N) is 1. The van der Waals surface area contributed by atoms with Gasteiger partial charge in [-0.3, -0.25) is 4.79 Å². The van der Waals surface area contributed by atoms with Gasteiger partial charge in [0, 0.05) is 23.5 Å². The van der Waals surface area contributed by atoms with Crippen LogP contribution in [0.2, 0.25) is 0 Å². The van der Waals surface area contributed by atoms with E-state index in [0.717, 1.165) is 11.1 Å². The number of aliphatic hydroxyl groups is 1. The van der Waals surface area contributed by atoms with Gasteiger partial charge in [-0.1, -0.05) is 72.8 Å². The van der Waals surface area contributed by atoms with Crippen molar-refractivity contribution < 1.29 is 14.3 Å². The second kappa shape index (κ2) is 9.58. The van der Waals surface area contributed by atoms with E-state index >= 15 is 0 Å². The van der Waals surface area contributed by atoms with Crippen LogP contribution in [-0.4, -0.2) is 23.3 Å². The summed E-state index contributed by atoms with van der Waals surface area (Å²) in [5.74, 6) is -1.11. The summed E-state index contributed by atoms with van der Waals surface area (Å²) in [7, 11) is 0. The molecule has 3 aromatic carbocycles. The fourth-order valence-corrected chi connectivity index (χ4v) is 2.90. The fourth-order valence-electron chi connectivity index (χ4n) is 2.90. The molecule has 4 nitrogen and oxygen atoms in total. The van der Waals surface area contributed by atoms with E-state index in [1.807, 2.05) is 60.7 Å².